The number of likely N-dealkylation sites (tertiary alicyclic amines) is 1. The van der Waals surface area contributed by atoms with Crippen molar-refractivity contribution in [2.75, 3.05) is 33.9 Å². The first-order chi connectivity index (χ1) is 22.9. The number of aryl methyl sites for hydroxylation is 1. The molecule has 0 radical (unpaired) electrons. The van der Waals surface area contributed by atoms with Crippen molar-refractivity contribution in [1.29, 1.82) is 0 Å². The molecule has 1 saturated heterocycles. The summed E-state index contributed by atoms with van der Waals surface area (Å²) in [5.41, 5.74) is 4.73. The van der Waals surface area contributed by atoms with Crippen LogP contribution in [0, 0.1) is 5.92 Å². The number of ether oxygens (including phenoxy) is 2. The number of hydrogen-bond acceptors (Lipinski definition) is 7. The van der Waals surface area contributed by atoms with Crippen LogP contribution < -0.4 is 9.47 Å². The maximum absolute atomic E-state index is 14.1. The van der Waals surface area contributed by atoms with Gasteiger partial charge in [0.25, 0.3) is 11.8 Å². The highest BCUT2D eigenvalue weighted by atomic mass is 16.5. The molecule has 0 aliphatic carbocycles. The number of carbonyl (C=O) groups is 1. The normalized spacial score (nSPS) is 14.0. The Morgan fingerprint density at radius 2 is 1.60 bits per heavy atom. The van der Waals surface area contributed by atoms with E-state index in [-0.39, 0.29) is 11.9 Å². The molecule has 0 atom stereocenters. The Bertz CT molecular complexity index is 1560. The van der Waals surface area contributed by atoms with Gasteiger partial charge in [-0.2, -0.15) is 4.98 Å². The highest BCUT2D eigenvalue weighted by Crippen LogP contribution is 2.32. The summed E-state index contributed by atoms with van der Waals surface area (Å²) < 4.78 is 16.4. The van der Waals surface area contributed by atoms with Gasteiger partial charge in [-0.05, 0) is 86.0 Å². The molecular formula is C39H50N4O4. The standard InChI is InChI=1S/C39H50N4O4/c1-6-7-8-9-29-10-16-32(17-11-29)39(44)43(34-21-24-42(25-22-34)23-20-28(2)3)27-30-12-14-31(15-13-30)37-40-38(47-41-37)33-18-19-35(45-4)36(26-33)46-5/h10-19,26,28,34H,6-9,20-25,27H2,1-5H3. The number of amides is 1. The third-order valence-electron chi connectivity index (χ3n) is 9.17. The molecule has 1 aromatic heterocycles. The zero-order chi connectivity index (χ0) is 33.2. The molecule has 0 spiro atoms. The highest BCUT2D eigenvalue weighted by molar-refractivity contribution is 5.94. The van der Waals surface area contributed by atoms with Crippen molar-refractivity contribution in [2.45, 2.75) is 78.3 Å². The second-order valence-electron chi connectivity index (χ2n) is 13.0. The van der Waals surface area contributed by atoms with E-state index in [1.165, 1.54) is 31.2 Å². The maximum atomic E-state index is 14.1. The lowest BCUT2D eigenvalue weighted by Crippen LogP contribution is -2.47. The minimum Gasteiger partial charge on any atom is -0.493 e. The number of benzene rings is 3. The van der Waals surface area contributed by atoms with E-state index in [0.717, 1.165) is 61.2 Å². The number of carbonyl (C=O) groups excluding carboxylic acids is 1. The molecule has 1 aliphatic heterocycles. The molecule has 1 amide bonds. The number of hydrogen-bond donors (Lipinski definition) is 0. The van der Waals surface area contributed by atoms with Crippen LogP contribution in [0.25, 0.3) is 22.8 Å². The summed E-state index contributed by atoms with van der Waals surface area (Å²) in [5, 5.41) is 4.23. The van der Waals surface area contributed by atoms with E-state index >= 15 is 0 Å². The predicted octanol–water partition coefficient (Wildman–Crippen LogP) is 8.31. The number of aromatic nitrogens is 2. The topological polar surface area (TPSA) is 80.9 Å². The van der Waals surface area contributed by atoms with Crippen LogP contribution >= 0.6 is 0 Å². The van der Waals surface area contributed by atoms with Crippen LogP contribution in [0.5, 0.6) is 11.5 Å². The number of methoxy groups -OCH3 is 2. The van der Waals surface area contributed by atoms with Crippen molar-refractivity contribution >= 4 is 5.91 Å². The molecule has 3 aromatic carbocycles. The van der Waals surface area contributed by atoms with Crippen molar-refractivity contribution < 1.29 is 18.8 Å². The molecule has 4 aromatic rings. The van der Waals surface area contributed by atoms with Gasteiger partial charge in [-0.1, -0.05) is 75.2 Å². The number of rotatable bonds is 15. The van der Waals surface area contributed by atoms with Crippen LogP contribution in [-0.2, 0) is 13.0 Å². The molecule has 47 heavy (non-hydrogen) atoms. The van der Waals surface area contributed by atoms with Crippen LogP contribution in [0.15, 0.2) is 71.3 Å². The lowest BCUT2D eigenvalue weighted by atomic mass is 9.99. The second-order valence-corrected chi connectivity index (χ2v) is 13.0. The lowest BCUT2D eigenvalue weighted by Gasteiger charge is -2.39. The van der Waals surface area contributed by atoms with Crippen LogP contribution in [0.1, 0.15) is 80.8 Å². The molecular weight excluding hydrogens is 588 g/mol. The zero-order valence-corrected chi connectivity index (χ0v) is 28.7. The average molecular weight is 639 g/mol. The molecule has 2 heterocycles. The molecule has 0 saturated carbocycles. The zero-order valence-electron chi connectivity index (χ0n) is 28.7. The number of nitrogens with zero attached hydrogens (tertiary/aromatic N) is 4. The summed E-state index contributed by atoms with van der Waals surface area (Å²) in [6, 6.07) is 22.1. The van der Waals surface area contributed by atoms with E-state index in [2.05, 4.69) is 65.0 Å². The van der Waals surface area contributed by atoms with Crippen molar-refractivity contribution in [3.63, 3.8) is 0 Å². The van der Waals surface area contributed by atoms with Gasteiger partial charge >= 0.3 is 0 Å². The minimum atomic E-state index is 0.104. The summed E-state index contributed by atoms with van der Waals surface area (Å²) >= 11 is 0. The summed E-state index contributed by atoms with van der Waals surface area (Å²) in [6.45, 7) is 10.5. The van der Waals surface area contributed by atoms with E-state index < -0.39 is 0 Å². The smallest absolute Gasteiger partial charge is 0.258 e. The van der Waals surface area contributed by atoms with Crippen LogP contribution in [0.3, 0.4) is 0 Å². The molecule has 8 nitrogen and oxygen atoms in total. The molecule has 1 fully saturated rings. The maximum Gasteiger partial charge on any atom is 0.258 e. The number of piperidine rings is 1. The molecule has 8 heteroatoms. The third-order valence-corrected chi connectivity index (χ3v) is 9.17. The van der Waals surface area contributed by atoms with Crippen LogP contribution in [0.2, 0.25) is 0 Å². The van der Waals surface area contributed by atoms with Crippen molar-refractivity contribution in [3.8, 4) is 34.3 Å². The lowest BCUT2D eigenvalue weighted by molar-refractivity contribution is 0.0546. The van der Waals surface area contributed by atoms with Gasteiger partial charge in [0, 0.05) is 42.4 Å². The Morgan fingerprint density at radius 3 is 2.26 bits per heavy atom. The van der Waals surface area contributed by atoms with Crippen LogP contribution in [0.4, 0.5) is 0 Å². The van der Waals surface area contributed by atoms with Crippen molar-refractivity contribution in [2.24, 2.45) is 5.92 Å². The summed E-state index contributed by atoms with van der Waals surface area (Å²) in [4.78, 5) is 23.4. The Hall–Kier alpha value is -4.17. The molecule has 0 N–H and O–H groups in total. The predicted molar refractivity (Wildman–Crippen MR) is 187 cm³/mol. The molecule has 5 rings (SSSR count). The quantitative estimate of drug-likeness (QED) is 0.121. The first-order valence-corrected chi connectivity index (χ1v) is 17.2. The Balaban J connectivity index is 1.30. The van der Waals surface area contributed by atoms with Gasteiger partial charge < -0.3 is 23.8 Å². The van der Waals surface area contributed by atoms with E-state index in [9.17, 15) is 4.79 Å². The van der Waals surface area contributed by atoms with E-state index in [0.29, 0.717) is 35.7 Å². The van der Waals surface area contributed by atoms with E-state index in [1.807, 2.05) is 42.5 Å². The SMILES string of the molecule is CCCCCc1ccc(C(=O)N(Cc2ccc(-c3noc(-c4ccc(OC)c(OC)c4)n3)cc2)C2CCN(CCC(C)C)CC2)cc1. The minimum absolute atomic E-state index is 0.104. The molecule has 0 bridgehead atoms. The molecule has 0 unspecified atom stereocenters. The average Bonchev–Trinajstić information content (AvgIpc) is 3.60. The van der Waals surface area contributed by atoms with Gasteiger partial charge in [0.1, 0.15) is 0 Å². The van der Waals surface area contributed by atoms with Gasteiger partial charge in [0.05, 0.1) is 14.2 Å². The summed E-state index contributed by atoms with van der Waals surface area (Å²) in [7, 11) is 3.20. The van der Waals surface area contributed by atoms with E-state index in [4.69, 9.17) is 14.0 Å². The fraction of sp³-hybridized carbons (Fsp3) is 0.462. The van der Waals surface area contributed by atoms with Gasteiger partial charge in [0.2, 0.25) is 5.82 Å². The first kappa shape index (κ1) is 34.2. The fourth-order valence-electron chi connectivity index (χ4n) is 6.20. The van der Waals surface area contributed by atoms with Gasteiger partial charge in [0.15, 0.2) is 11.5 Å². The highest BCUT2D eigenvalue weighted by Gasteiger charge is 2.29. The summed E-state index contributed by atoms with van der Waals surface area (Å²) in [5.74, 6) is 2.93. The Kier molecular flexibility index (Phi) is 12.1. The van der Waals surface area contributed by atoms with Gasteiger partial charge in [-0.3, -0.25) is 4.79 Å². The Labute approximate surface area is 280 Å². The van der Waals surface area contributed by atoms with Gasteiger partial charge in [-0.15, -0.1) is 0 Å². The number of unbranched alkanes of at least 4 members (excludes halogenated alkanes) is 2. The van der Waals surface area contributed by atoms with Crippen molar-refractivity contribution in [1.82, 2.24) is 19.9 Å². The first-order valence-electron chi connectivity index (χ1n) is 17.2. The fourth-order valence-corrected chi connectivity index (χ4v) is 6.20. The van der Waals surface area contributed by atoms with Gasteiger partial charge in [-0.25, -0.2) is 0 Å². The largest absolute Gasteiger partial charge is 0.493 e. The monoisotopic (exact) mass is 638 g/mol. The Morgan fingerprint density at radius 1 is 0.915 bits per heavy atom. The summed E-state index contributed by atoms with van der Waals surface area (Å²) in [6.07, 6.45) is 7.86. The van der Waals surface area contributed by atoms with Crippen LogP contribution in [-0.4, -0.2) is 65.7 Å². The second kappa shape index (κ2) is 16.6. The van der Waals surface area contributed by atoms with Crippen molar-refractivity contribution in [3.05, 3.63) is 83.4 Å². The van der Waals surface area contributed by atoms with E-state index in [1.54, 1.807) is 14.2 Å². The molecule has 1 aliphatic rings. The molecule has 250 valence electrons. The third kappa shape index (κ3) is 9.01.